The van der Waals surface area contributed by atoms with E-state index >= 15 is 0 Å². The lowest BCUT2D eigenvalue weighted by atomic mass is 9.88. The molecule has 0 bridgehead atoms. The zero-order valence-corrected chi connectivity index (χ0v) is 22.3. The molecule has 0 radical (unpaired) electrons. The van der Waals surface area contributed by atoms with Crippen molar-refractivity contribution >= 4 is 18.0 Å². The van der Waals surface area contributed by atoms with E-state index in [1.807, 2.05) is 60.7 Å². The highest BCUT2D eigenvalue weighted by Crippen LogP contribution is 2.20. The van der Waals surface area contributed by atoms with Crippen LogP contribution in [0.2, 0.25) is 0 Å². The fraction of sp³-hybridized carbons (Fsp3) is 0.483. The second-order valence-electron chi connectivity index (χ2n) is 10.7. The molecule has 37 heavy (non-hydrogen) atoms. The Kier molecular flexibility index (Phi) is 11.1. The normalized spacial score (nSPS) is 14.8. The smallest absolute Gasteiger partial charge is 0.407 e. The van der Waals surface area contributed by atoms with Crippen molar-refractivity contribution in [1.82, 2.24) is 10.6 Å². The second kappa shape index (κ2) is 13.8. The van der Waals surface area contributed by atoms with Crippen LogP contribution in [0.3, 0.4) is 0 Å². The molecule has 2 amide bonds. The first kappa shape index (κ1) is 29.8. The first-order chi connectivity index (χ1) is 17.4. The van der Waals surface area contributed by atoms with Gasteiger partial charge in [-0.1, -0.05) is 74.5 Å². The molecular formula is C29H40N2O6. The Morgan fingerprint density at radius 3 is 1.84 bits per heavy atom. The minimum atomic E-state index is -1.11. The van der Waals surface area contributed by atoms with Gasteiger partial charge < -0.3 is 25.6 Å². The number of benzene rings is 2. The molecule has 0 saturated carbocycles. The highest BCUT2D eigenvalue weighted by Gasteiger charge is 2.32. The summed E-state index contributed by atoms with van der Waals surface area (Å²) in [5, 5.41) is 26.3. The molecule has 4 N–H and O–H groups in total. The van der Waals surface area contributed by atoms with Crippen molar-refractivity contribution in [3.05, 3.63) is 71.8 Å². The number of ether oxygens (including phenoxy) is 1. The van der Waals surface area contributed by atoms with Crippen molar-refractivity contribution in [2.45, 2.75) is 77.7 Å². The summed E-state index contributed by atoms with van der Waals surface area (Å²) >= 11 is 0. The lowest BCUT2D eigenvalue weighted by molar-refractivity contribution is -0.144. The number of amides is 2. The van der Waals surface area contributed by atoms with Crippen LogP contribution in [0, 0.1) is 11.8 Å². The van der Waals surface area contributed by atoms with Crippen molar-refractivity contribution < 1.29 is 29.3 Å². The van der Waals surface area contributed by atoms with Gasteiger partial charge in [-0.25, -0.2) is 9.59 Å². The first-order valence-electron chi connectivity index (χ1n) is 12.6. The first-order valence-corrected chi connectivity index (χ1v) is 12.6. The topological polar surface area (TPSA) is 125 Å². The van der Waals surface area contributed by atoms with Gasteiger partial charge in [0, 0.05) is 5.92 Å². The lowest BCUT2D eigenvalue weighted by Gasteiger charge is -2.29. The number of hydrogen-bond donors (Lipinski definition) is 4. The Balaban J connectivity index is 2.28. The molecule has 0 aromatic heterocycles. The molecule has 0 aliphatic heterocycles. The molecule has 2 aromatic carbocycles. The molecule has 8 nitrogen and oxygen atoms in total. The number of carboxylic acid groups (broad SMARTS) is 1. The maximum absolute atomic E-state index is 13.3. The van der Waals surface area contributed by atoms with Gasteiger partial charge in [0.05, 0.1) is 12.1 Å². The van der Waals surface area contributed by atoms with Gasteiger partial charge in [-0.2, -0.15) is 0 Å². The van der Waals surface area contributed by atoms with E-state index in [9.17, 15) is 24.6 Å². The van der Waals surface area contributed by atoms with E-state index in [0.29, 0.717) is 12.8 Å². The average molecular weight is 513 g/mol. The third kappa shape index (κ3) is 10.6. The average Bonchev–Trinajstić information content (AvgIpc) is 2.81. The molecule has 0 spiro atoms. The Labute approximate surface area is 219 Å². The number of carboxylic acids is 1. The molecule has 202 valence electrons. The summed E-state index contributed by atoms with van der Waals surface area (Å²) in [6, 6.07) is 17.0. The highest BCUT2D eigenvalue weighted by molar-refractivity contribution is 5.85. The fourth-order valence-electron chi connectivity index (χ4n) is 4.03. The van der Waals surface area contributed by atoms with E-state index in [4.69, 9.17) is 4.74 Å². The molecule has 2 aromatic rings. The van der Waals surface area contributed by atoms with Gasteiger partial charge >= 0.3 is 12.1 Å². The maximum Gasteiger partial charge on any atom is 0.407 e. The zero-order chi connectivity index (χ0) is 27.6. The third-order valence-electron chi connectivity index (χ3n) is 5.92. The minimum Gasteiger partial charge on any atom is -0.480 e. The predicted octanol–water partition coefficient (Wildman–Crippen LogP) is 3.96. The number of carbonyl (C=O) groups excluding carboxylic acids is 2. The highest BCUT2D eigenvalue weighted by atomic mass is 16.6. The Morgan fingerprint density at radius 2 is 1.38 bits per heavy atom. The predicted molar refractivity (Wildman–Crippen MR) is 142 cm³/mol. The van der Waals surface area contributed by atoms with E-state index < -0.39 is 47.7 Å². The molecule has 0 saturated heterocycles. The molecule has 0 aliphatic carbocycles. The Hall–Kier alpha value is -3.39. The number of nitrogens with one attached hydrogen (secondary N) is 2. The molecule has 0 unspecified atom stereocenters. The number of rotatable bonds is 12. The van der Waals surface area contributed by atoms with Crippen molar-refractivity contribution in [2.24, 2.45) is 11.8 Å². The van der Waals surface area contributed by atoms with Crippen LogP contribution in [0.15, 0.2) is 60.7 Å². The number of aliphatic carboxylic acids is 1. The van der Waals surface area contributed by atoms with Crippen molar-refractivity contribution in [2.75, 3.05) is 0 Å². The number of aliphatic hydroxyl groups is 1. The summed E-state index contributed by atoms with van der Waals surface area (Å²) in [5.74, 6) is -2.62. The van der Waals surface area contributed by atoms with Crippen LogP contribution in [0.25, 0.3) is 0 Å². The van der Waals surface area contributed by atoms with Crippen LogP contribution in [0.5, 0.6) is 0 Å². The number of carbonyl (C=O) groups is 3. The van der Waals surface area contributed by atoms with E-state index in [-0.39, 0.29) is 12.3 Å². The summed E-state index contributed by atoms with van der Waals surface area (Å²) in [6.45, 7) is 8.70. The van der Waals surface area contributed by atoms with E-state index in [1.165, 1.54) is 0 Å². The van der Waals surface area contributed by atoms with Crippen molar-refractivity contribution in [1.29, 1.82) is 0 Å². The summed E-state index contributed by atoms with van der Waals surface area (Å²) in [7, 11) is 0. The summed E-state index contributed by atoms with van der Waals surface area (Å²) in [4.78, 5) is 37.6. The second-order valence-corrected chi connectivity index (χ2v) is 10.7. The Bertz CT molecular complexity index is 1000. The summed E-state index contributed by atoms with van der Waals surface area (Å²) in [6.07, 6.45) is -1.13. The molecule has 0 heterocycles. The third-order valence-corrected chi connectivity index (χ3v) is 5.92. The monoisotopic (exact) mass is 512 g/mol. The number of aliphatic hydroxyl groups excluding tert-OH is 1. The molecule has 8 heteroatoms. The van der Waals surface area contributed by atoms with Gasteiger partial charge in [-0.3, -0.25) is 4.79 Å². The van der Waals surface area contributed by atoms with Crippen LogP contribution >= 0.6 is 0 Å². The summed E-state index contributed by atoms with van der Waals surface area (Å²) in [5.41, 5.74) is 1.06. The van der Waals surface area contributed by atoms with E-state index in [2.05, 4.69) is 10.6 Å². The van der Waals surface area contributed by atoms with Gasteiger partial charge in [0.15, 0.2) is 0 Å². The van der Waals surface area contributed by atoms with Crippen molar-refractivity contribution in [3.63, 3.8) is 0 Å². The van der Waals surface area contributed by atoms with Gasteiger partial charge in [-0.15, -0.1) is 0 Å². The molecular weight excluding hydrogens is 472 g/mol. The quantitative estimate of drug-likeness (QED) is 0.341. The van der Waals surface area contributed by atoms with Crippen molar-refractivity contribution in [3.8, 4) is 0 Å². The molecule has 4 atom stereocenters. The minimum absolute atomic E-state index is 0.0124. The Morgan fingerprint density at radius 1 is 0.865 bits per heavy atom. The molecule has 0 fully saturated rings. The summed E-state index contributed by atoms with van der Waals surface area (Å²) < 4.78 is 5.40. The van der Waals surface area contributed by atoms with Crippen LogP contribution in [-0.4, -0.2) is 52.0 Å². The SMILES string of the molecule is CC(C)[C@H](NC(=O)[C@@H](Cc1ccccc1)C[C@H](O)[C@H](Cc1ccccc1)NC(=O)OC(C)(C)C)C(=O)O. The number of alkyl carbamates (subject to hydrolysis) is 1. The molecule has 2 rings (SSSR count). The largest absolute Gasteiger partial charge is 0.480 e. The number of hydrogen-bond acceptors (Lipinski definition) is 5. The van der Waals surface area contributed by atoms with Crippen LogP contribution in [0.1, 0.15) is 52.2 Å². The van der Waals surface area contributed by atoms with Crippen LogP contribution in [0.4, 0.5) is 4.79 Å². The lowest BCUT2D eigenvalue weighted by Crippen LogP contribution is -2.50. The van der Waals surface area contributed by atoms with Gasteiger partial charge in [0.1, 0.15) is 11.6 Å². The molecule has 0 aliphatic rings. The van der Waals surface area contributed by atoms with Gasteiger partial charge in [0.25, 0.3) is 0 Å². The standard InChI is InChI=1S/C29H40N2O6/c1-19(2)25(27(34)35)31-26(33)22(16-20-12-8-6-9-13-20)18-24(32)23(17-21-14-10-7-11-15-21)30-28(36)37-29(3,4)5/h6-15,19,22-25,32H,16-18H2,1-5H3,(H,30,36)(H,31,33)(H,34,35)/t22-,23-,24-,25-/m0/s1. The van der Waals surface area contributed by atoms with Gasteiger partial charge in [0.2, 0.25) is 5.91 Å². The maximum atomic E-state index is 13.3. The van der Waals surface area contributed by atoms with Crippen LogP contribution in [-0.2, 0) is 27.2 Å². The zero-order valence-electron chi connectivity index (χ0n) is 22.3. The fourth-order valence-corrected chi connectivity index (χ4v) is 4.03. The van der Waals surface area contributed by atoms with Crippen LogP contribution < -0.4 is 10.6 Å². The van der Waals surface area contributed by atoms with Gasteiger partial charge in [-0.05, 0) is 57.1 Å². The van der Waals surface area contributed by atoms with E-state index in [1.54, 1.807) is 34.6 Å². The van der Waals surface area contributed by atoms with E-state index in [0.717, 1.165) is 11.1 Å².